The predicted molar refractivity (Wildman–Crippen MR) is 98.3 cm³/mol. The van der Waals surface area contributed by atoms with Gasteiger partial charge < -0.3 is 9.84 Å². The first-order valence-electron chi connectivity index (χ1n) is 7.85. The number of hydrogen-bond donors (Lipinski definition) is 1. The summed E-state index contributed by atoms with van der Waals surface area (Å²) in [6, 6.07) is 8.26. The van der Waals surface area contributed by atoms with Crippen LogP contribution in [0.4, 0.5) is 11.4 Å². The summed E-state index contributed by atoms with van der Waals surface area (Å²) < 4.78 is 5.44. The second kappa shape index (κ2) is 8.10. The first-order valence-corrected chi connectivity index (χ1v) is 7.85. The minimum Gasteiger partial charge on any atom is -0.504 e. The number of hydrogen-bond acceptors (Lipinski definition) is 5. The highest BCUT2D eigenvalue weighted by Crippen LogP contribution is 2.33. The predicted octanol–water partition coefficient (Wildman–Crippen LogP) is 4.49. The first-order chi connectivity index (χ1) is 12.0. The molecular formula is C19H20N2O4. The third-order valence-electron chi connectivity index (χ3n) is 3.52. The molecule has 0 atom stereocenters. The van der Waals surface area contributed by atoms with Crippen molar-refractivity contribution in [2.75, 3.05) is 6.61 Å². The number of nitrogens with zero attached hydrogens (tertiary/aromatic N) is 2. The summed E-state index contributed by atoms with van der Waals surface area (Å²) in [4.78, 5) is 15.0. The summed E-state index contributed by atoms with van der Waals surface area (Å²) in [6.45, 7) is 7.69. The number of aliphatic imine (C=N–C) groups is 1. The van der Waals surface area contributed by atoms with Crippen molar-refractivity contribution in [2.24, 2.45) is 4.99 Å². The van der Waals surface area contributed by atoms with Crippen LogP contribution in [-0.2, 0) is 6.42 Å². The Labute approximate surface area is 146 Å². The number of phenols is 1. The highest BCUT2D eigenvalue weighted by atomic mass is 16.6. The summed E-state index contributed by atoms with van der Waals surface area (Å²) in [5.74, 6) is 0.418. The van der Waals surface area contributed by atoms with Gasteiger partial charge in [-0.25, -0.2) is 4.99 Å². The van der Waals surface area contributed by atoms with E-state index < -0.39 is 4.92 Å². The Balaban J connectivity index is 2.44. The quantitative estimate of drug-likeness (QED) is 0.348. The molecule has 0 spiro atoms. The molecule has 0 unspecified atom stereocenters. The van der Waals surface area contributed by atoms with E-state index in [1.165, 1.54) is 12.3 Å². The highest BCUT2D eigenvalue weighted by molar-refractivity contribution is 5.85. The van der Waals surface area contributed by atoms with Crippen LogP contribution in [0, 0.1) is 17.0 Å². The number of rotatable bonds is 7. The second-order valence-corrected chi connectivity index (χ2v) is 5.46. The van der Waals surface area contributed by atoms with Crippen LogP contribution in [-0.4, -0.2) is 22.9 Å². The monoisotopic (exact) mass is 340 g/mol. The number of allylic oxidation sites excluding steroid dienone is 1. The van der Waals surface area contributed by atoms with Crippen molar-refractivity contribution < 1.29 is 14.8 Å². The molecule has 2 aromatic carbocycles. The largest absolute Gasteiger partial charge is 0.504 e. The van der Waals surface area contributed by atoms with Crippen LogP contribution in [0.3, 0.4) is 0 Å². The number of benzene rings is 2. The number of phenolic OH excluding ortho intramolecular Hbond substituents is 1. The fourth-order valence-corrected chi connectivity index (χ4v) is 2.37. The summed E-state index contributed by atoms with van der Waals surface area (Å²) >= 11 is 0. The Kier molecular flexibility index (Phi) is 5.89. The van der Waals surface area contributed by atoms with Gasteiger partial charge in [0.25, 0.3) is 5.69 Å². The highest BCUT2D eigenvalue weighted by Gasteiger charge is 2.13. The van der Waals surface area contributed by atoms with Crippen molar-refractivity contribution in [2.45, 2.75) is 20.3 Å². The lowest BCUT2D eigenvalue weighted by Gasteiger charge is -2.10. The Morgan fingerprint density at radius 1 is 1.36 bits per heavy atom. The number of aryl methyl sites for hydroxylation is 1. The minimum absolute atomic E-state index is 0.0497. The lowest BCUT2D eigenvalue weighted by molar-refractivity contribution is -0.384. The zero-order chi connectivity index (χ0) is 18.4. The minimum atomic E-state index is -0.453. The lowest BCUT2D eigenvalue weighted by atomic mass is 10.1. The van der Waals surface area contributed by atoms with Gasteiger partial charge >= 0.3 is 0 Å². The maximum atomic E-state index is 11.2. The van der Waals surface area contributed by atoms with Gasteiger partial charge in [0.05, 0.1) is 11.5 Å². The van der Waals surface area contributed by atoms with Gasteiger partial charge in [-0.3, -0.25) is 10.1 Å². The Morgan fingerprint density at radius 2 is 2.12 bits per heavy atom. The molecule has 0 aliphatic carbocycles. The summed E-state index contributed by atoms with van der Waals surface area (Å²) in [7, 11) is 0. The summed E-state index contributed by atoms with van der Waals surface area (Å²) in [6.07, 6.45) is 3.67. The van der Waals surface area contributed by atoms with E-state index in [-0.39, 0.29) is 17.1 Å². The van der Waals surface area contributed by atoms with E-state index in [1.54, 1.807) is 37.3 Å². The average molecular weight is 340 g/mol. The fraction of sp³-hybridized carbons (Fsp3) is 0.211. The van der Waals surface area contributed by atoms with E-state index in [0.29, 0.717) is 29.9 Å². The van der Waals surface area contributed by atoms with Gasteiger partial charge in [0.15, 0.2) is 11.5 Å². The van der Waals surface area contributed by atoms with Gasteiger partial charge in [0, 0.05) is 17.8 Å². The van der Waals surface area contributed by atoms with Crippen LogP contribution in [0.5, 0.6) is 11.5 Å². The number of ether oxygens (including phenoxy) is 1. The lowest BCUT2D eigenvalue weighted by Crippen LogP contribution is -1.96. The van der Waals surface area contributed by atoms with E-state index in [2.05, 4.69) is 11.6 Å². The third-order valence-corrected chi connectivity index (χ3v) is 3.52. The van der Waals surface area contributed by atoms with Crippen LogP contribution in [0.15, 0.2) is 48.0 Å². The molecule has 130 valence electrons. The van der Waals surface area contributed by atoms with Crippen molar-refractivity contribution in [3.05, 3.63) is 69.8 Å². The van der Waals surface area contributed by atoms with Crippen molar-refractivity contribution >= 4 is 17.6 Å². The number of nitro groups is 1. The van der Waals surface area contributed by atoms with Crippen LogP contribution in [0.1, 0.15) is 23.6 Å². The maximum absolute atomic E-state index is 11.2. The first kappa shape index (κ1) is 18.2. The molecule has 25 heavy (non-hydrogen) atoms. The molecule has 0 amide bonds. The molecule has 0 fully saturated rings. The standard InChI is InChI=1S/C19H20N2O4/c1-4-6-15-10-14(11-18(19(15)22)25-5-2)12-20-16-8-7-13(3)9-17(16)21(23)24/h4,7-12,22H,1,5-6H2,2-3H3. The summed E-state index contributed by atoms with van der Waals surface area (Å²) in [5, 5.41) is 21.4. The molecule has 0 aliphatic heterocycles. The van der Waals surface area contributed by atoms with Gasteiger partial charge in [-0.1, -0.05) is 12.1 Å². The molecule has 0 saturated carbocycles. The van der Waals surface area contributed by atoms with Crippen LogP contribution in [0.2, 0.25) is 0 Å². The van der Waals surface area contributed by atoms with Crippen molar-refractivity contribution in [3.8, 4) is 11.5 Å². The molecule has 0 aliphatic rings. The van der Waals surface area contributed by atoms with Crippen LogP contribution < -0.4 is 4.74 Å². The van der Waals surface area contributed by atoms with E-state index in [1.807, 2.05) is 6.92 Å². The average Bonchev–Trinajstić information content (AvgIpc) is 2.57. The second-order valence-electron chi connectivity index (χ2n) is 5.46. The van der Waals surface area contributed by atoms with Crippen molar-refractivity contribution in [3.63, 3.8) is 0 Å². The normalized spacial score (nSPS) is 10.8. The smallest absolute Gasteiger partial charge is 0.295 e. The van der Waals surface area contributed by atoms with Gasteiger partial charge in [0.1, 0.15) is 5.69 Å². The van der Waals surface area contributed by atoms with E-state index in [4.69, 9.17) is 4.74 Å². The molecule has 0 saturated heterocycles. The van der Waals surface area contributed by atoms with Gasteiger partial charge in [-0.2, -0.15) is 0 Å². The SMILES string of the molecule is C=CCc1cc(C=Nc2ccc(C)cc2[N+](=O)[O-])cc(OCC)c1O. The molecule has 0 bridgehead atoms. The zero-order valence-corrected chi connectivity index (χ0v) is 14.2. The van der Waals surface area contributed by atoms with Crippen molar-refractivity contribution in [1.82, 2.24) is 0 Å². The van der Waals surface area contributed by atoms with Gasteiger partial charge in [0.2, 0.25) is 0 Å². The van der Waals surface area contributed by atoms with E-state index >= 15 is 0 Å². The van der Waals surface area contributed by atoms with Gasteiger partial charge in [-0.05, 0) is 49.6 Å². The molecule has 2 aromatic rings. The fourth-order valence-electron chi connectivity index (χ4n) is 2.37. The third kappa shape index (κ3) is 4.44. The van der Waals surface area contributed by atoms with Crippen molar-refractivity contribution in [1.29, 1.82) is 0 Å². The molecule has 0 aromatic heterocycles. The molecule has 0 heterocycles. The molecule has 1 N–H and O–H groups in total. The van der Waals surface area contributed by atoms with Gasteiger partial charge in [-0.15, -0.1) is 6.58 Å². The Hall–Kier alpha value is -3.15. The molecule has 6 nitrogen and oxygen atoms in total. The number of nitro benzene ring substituents is 1. The van der Waals surface area contributed by atoms with E-state index in [0.717, 1.165) is 5.56 Å². The summed E-state index contributed by atoms with van der Waals surface area (Å²) in [5.41, 5.74) is 2.34. The molecule has 0 radical (unpaired) electrons. The Bertz CT molecular complexity index is 828. The molecule has 2 rings (SSSR count). The molecular weight excluding hydrogens is 320 g/mol. The Morgan fingerprint density at radius 3 is 2.76 bits per heavy atom. The topological polar surface area (TPSA) is 85.0 Å². The van der Waals surface area contributed by atoms with Crippen LogP contribution >= 0.6 is 0 Å². The maximum Gasteiger partial charge on any atom is 0.295 e. The van der Waals surface area contributed by atoms with E-state index in [9.17, 15) is 15.2 Å². The number of aromatic hydroxyl groups is 1. The van der Waals surface area contributed by atoms with Crippen LogP contribution in [0.25, 0.3) is 0 Å². The molecule has 6 heteroatoms. The zero-order valence-electron chi connectivity index (χ0n) is 14.2.